The van der Waals surface area contributed by atoms with Gasteiger partial charge in [0.05, 0.1) is 18.9 Å². The molecule has 14 heavy (non-hydrogen) atoms. The van der Waals surface area contributed by atoms with E-state index >= 15 is 0 Å². The highest BCUT2D eigenvalue weighted by Gasteiger charge is 2.26. The van der Waals surface area contributed by atoms with Crippen LogP contribution in [-0.4, -0.2) is 16.6 Å². The van der Waals surface area contributed by atoms with E-state index in [1.54, 1.807) is 6.33 Å². The molecule has 1 atom stereocenters. The van der Waals surface area contributed by atoms with Gasteiger partial charge < -0.3 is 4.74 Å². The van der Waals surface area contributed by atoms with Crippen molar-refractivity contribution < 1.29 is 4.74 Å². The van der Waals surface area contributed by atoms with Gasteiger partial charge in [0.2, 0.25) is 0 Å². The van der Waals surface area contributed by atoms with Crippen molar-refractivity contribution in [3.05, 3.63) is 23.3 Å². The van der Waals surface area contributed by atoms with E-state index in [1.807, 2.05) is 6.92 Å². The standard InChI is InChI=1S/C11H16N2O/c1-7(2)9-4-14-5-10-8(3)12-6-13-11(9)10/h6-7,9H,4-5H2,1-3H3. The van der Waals surface area contributed by atoms with E-state index < -0.39 is 0 Å². The summed E-state index contributed by atoms with van der Waals surface area (Å²) in [5.41, 5.74) is 3.44. The van der Waals surface area contributed by atoms with Gasteiger partial charge >= 0.3 is 0 Å². The fraction of sp³-hybridized carbons (Fsp3) is 0.636. The summed E-state index contributed by atoms with van der Waals surface area (Å²) >= 11 is 0. The van der Waals surface area contributed by atoms with Crippen molar-refractivity contribution in [1.82, 2.24) is 9.97 Å². The Morgan fingerprint density at radius 1 is 1.43 bits per heavy atom. The Bertz CT molecular complexity index is 336. The number of aryl methyl sites for hydroxylation is 1. The van der Waals surface area contributed by atoms with Crippen LogP contribution >= 0.6 is 0 Å². The van der Waals surface area contributed by atoms with Gasteiger partial charge in [0.25, 0.3) is 0 Å². The van der Waals surface area contributed by atoms with Crippen LogP contribution in [0.3, 0.4) is 0 Å². The molecule has 0 amide bonds. The molecule has 2 rings (SSSR count). The third-order valence-corrected chi connectivity index (χ3v) is 2.89. The number of aromatic nitrogens is 2. The molecule has 0 radical (unpaired) electrons. The van der Waals surface area contributed by atoms with E-state index in [0.29, 0.717) is 18.4 Å². The lowest BCUT2D eigenvalue weighted by molar-refractivity contribution is 0.0762. The molecular formula is C11H16N2O. The van der Waals surface area contributed by atoms with Crippen molar-refractivity contribution in [2.45, 2.75) is 33.3 Å². The molecule has 1 aromatic rings. The Kier molecular flexibility index (Phi) is 2.50. The number of nitrogens with zero attached hydrogens (tertiary/aromatic N) is 2. The number of rotatable bonds is 1. The molecule has 1 unspecified atom stereocenters. The molecule has 0 saturated carbocycles. The molecule has 0 spiro atoms. The minimum Gasteiger partial charge on any atom is -0.376 e. The summed E-state index contributed by atoms with van der Waals surface area (Å²) in [6, 6.07) is 0. The average molecular weight is 192 g/mol. The van der Waals surface area contributed by atoms with Crippen LogP contribution in [0.5, 0.6) is 0 Å². The zero-order valence-electron chi connectivity index (χ0n) is 8.95. The maximum atomic E-state index is 5.57. The first kappa shape index (κ1) is 9.59. The van der Waals surface area contributed by atoms with Gasteiger partial charge in [-0.3, -0.25) is 0 Å². The predicted octanol–water partition coefficient (Wildman–Crippen LogP) is 2.05. The minimum absolute atomic E-state index is 0.431. The Morgan fingerprint density at radius 2 is 2.21 bits per heavy atom. The first-order valence-electron chi connectivity index (χ1n) is 5.08. The Hall–Kier alpha value is -0.960. The van der Waals surface area contributed by atoms with Gasteiger partial charge in [0.15, 0.2) is 0 Å². The van der Waals surface area contributed by atoms with Crippen LogP contribution in [0.1, 0.15) is 36.7 Å². The molecule has 2 heterocycles. The fourth-order valence-corrected chi connectivity index (χ4v) is 1.89. The minimum atomic E-state index is 0.431. The molecule has 0 saturated heterocycles. The Morgan fingerprint density at radius 3 is 2.93 bits per heavy atom. The Labute approximate surface area is 84.5 Å². The largest absolute Gasteiger partial charge is 0.376 e. The maximum absolute atomic E-state index is 5.57. The van der Waals surface area contributed by atoms with Crippen LogP contribution in [0, 0.1) is 12.8 Å². The molecule has 0 aliphatic carbocycles. The third-order valence-electron chi connectivity index (χ3n) is 2.89. The van der Waals surface area contributed by atoms with E-state index in [-0.39, 0.29) is 0 Å². The van der Waals surface area contributed by atoms with Crippen LogP contribution in [0.4, 0.5) is 0 Å². The highest BCUT2D eigenvalue weighted by Crippen LogP contribution is 2.31. The Balaban J connectivity index is 2.44. The zero-order chi connectivity index (χ0) is 10.1. The molecule has 0 N–H and O–H groups in total. The number of fused-ring (bicyclic) bond motifs is 1. The van der Waals surface area contributed by atoms with Crippen molar-refractivity contribution in [1.29, 1.82) is 0 Å². The van der Waals surface area contributed by atoms with Crippen LogP contribution < -0.4 is 0 Å². The monoisotopic (exact) mass is 192 g/mol. The summed E-state index contributed by atoms with van der Waals surface area (Å²) in [5.74, 6) is 1.00. The van der Waals surface area contributed by atoms with Gasteiger partial charge in [-0.2, -0.15) is 0 Å². The maximum Gasteiger partial charge on any atom is 0.115 e. The van der Waals surface area contributed by atoms with Gasteiger partial charge in [-0.15, -0.1) is 0 Å². The second-order valence-corrected chi connectivity index (χ2v) is 4.19. The van der Waals surface area contributed by atoms with Crippen LogP contribution in [0.15, 0.2) is 6.33 Å². The van der Waals surface area contributed by atoms with Crippen LogP contribution in [0.25, 0.3) is 0 Å². The van der Waals surface area contributed by atoms with Crippen molar-refractivity contribution in [2.24, 2.45) is 5.92 Å². The second kappa shape index (κ2) is 3.65. The van der Waals surface area contributed by atoms with E-state index in [9.17, 15) is 0 Å². The van der Waals surface area contributed by atoms with E-state index in [2.05, 4.69) is 23.8 Å². The quantitative estimate of drug-likeness (QED) is 0.683. The summed E-state index contributed by atoms with van der Waals surface area (Å²) < 4.78 is 5.57. The van der Waals surface area contributed by atoms with Gasteiger partial charge in [-0.25, -0.2) is 9.97 Å². The molecular weight excluding hydrogens is 176 g/mol. The predicted molar refractivity (Wildman–Crippen MR) is 54.0 cm³/mol. The summed E-state index contributed by atoms with van der Waals surface area (Å²) in [6.45, 7) is 7.90. The molecule has 3 nitrogen and oxygen atoms in total. The zero-order valence-corrected chi connectivity index (χ0v) is 8.95. The third kappa shape index (κ3) is 1.52. The highest BCUT2D eigenvalue weighted by atomic mass is 16.5. The number of hydrogen-bond acceptors (Lipinski definition) is 3. The summed E-state index contributed by atoms with van der Waals surface area (Å²) in [5, 5.41) is 0. The van der Waals surface area contributed by atoms with Crippen molar-refractivity contribution in [3.8, 4) is 0 Å². The van der Waals surface area contributed by atoms with Gasteiger partial charge in [-0.1, -0.05) is 13.8 Å². The van der Waals surface area contributed by atoms with Gasteiger partial charge in [0.1, 0.15) is 6.33 Å². The summed E-state index contributed by atoms with van der Waals surface area (Å²) in [4.78, 5) is 8.59. The summed E-state index contributed by atoms with van der Waals surface area (Å²) in [6.07, 6.45) is 1.66. The van der Waals surface area contributed by atoms with Crippen molar-refractivity contribution in [3.63, 3.8) is 0 Å². The molecule has 3 heteroatoms. The first-order valence-corrected chi connectivity index (χ1v) is 5.08. The van der Waals surface area contributed by atoms with E-state index in [4.69, 9.17) is 4.74 Å². The highest BCUT2D eigenvalue weighted by molar-refractivity contribution is 5.28. The average Bonchev–Trinajstić information content (AvgIpc) is 2.17. The lowest BCUT2D eigenvalue weighted by Crippen LogP contribution is -2.23. The van der Waals surface area contributed by atoms with Gasteiger partial charge in [0, 0.05) is 17.2 Å². The van der Waals surface area contributed by atoms with Crippen molar-refractivity contribution in [2.75, 3.05) is 6.61 Å². The van der Waals surface area contributed by atoms with Crippen molar-refractivity contribution >= 4 is 0 Å². The van der Waals surface area contributed by atoms with E-state index in [0.717, 1.165) is 12.3 Å². The smallest absolute Gasteiger partial charge is 0.115 e. The first-order chi connectivity index (χ1) is 6.70. The number of hydrogen-bond donors (Lipinski definition) is 0. The lowest BCUT2D eigenvalue weighted by atomic mass is 9.88. The summed E-state index contributed by atoms with van der Waals surface area (Å²) in [7, 11) is 0. The number of ether oxygens (including phenoxy) is 1. The fourth-order valence-electron chi connectivity index (χ4n) is 1.89. The molecule has 1 aliphatic rings. The SMILES string of the molecule is Cc1ncnc2c1COCC2C(C)C. The normalized spacial score (nSPS) is 21.0. The van der Waals surface area contributed by atoms with Gasteiger partial charge in [-0.05, 0) is 12.8 Å². The molecule has 76 valence electrons. The topological polar surface area (TPSA) is 35.0 Å². The molecule has 0 fully saturated rings. The molecule has 1 aromatic heterocycles. The lowest BCUT2D eigenvalue weighted by Gasteiger charge is -2.27. The molecule has 1 aliphatic heterocycles. The van der Waals surface area contributed by atoms with Crippen LogP contribution in [-0.2, 0) is 11.3 Å². The van der Waals surface area contributed by atoms with Crippen LogP contribution in [0.2, 0.25) is 0 Å². The molecule has 0 aromatic carbocycles. The van der Waals surface area contributed by atoms with E-state index in [1.165, 1.54) is 11.3 Å². The molecule has 0 bridgehead atoms. The second-order valence-electron chi connectivity index (χ2n) is 4.19.